The zero-order chi connectivity index (χ0) is 27.6. The lowest BCUT2D eigenvalue weighted by Crippen LogP contribution is -2.52. The van der Waals surface area contributed by atoms with Crippen molar-refractivity contribution in [3.05, 3.63) is 54.7 Å². The van der Waals surface area contributed by atoms with Crippen molar-refractivity contribution in [2.75, 3.05) is 57.8 Å². The number of likely N-dealkylation sites (N-methyl/N-ethyl adjacent to an activating group) is 1. The third-order valence-corrected chi connectivity index (χ3v) is 9.81. The smallest absolute Gasteiger partial charge is 0.216 e. The molecular formula is C33H38N6O2. The van der Waals surface area contributed by atoms with Gasteiger partial charge in [0.25, 0.3) is 0 Å². The molecule has 2 aromatic carbocycles. The number of aromatic nitrogens is 2. The highest BCUT2D eigenvalue weighted by Crippen LogP contribution is 2.43. The molecule has 8 heteroatoms. The third kappa shape index (κ3) is 4.68. The number of ether oxygens (including phenoxy) is 1. The Labute approximate surface area is 240 Å². The number of nitrogens with one attached hydrogen (secondary N) is 1. The van der Waals surface area contributed by atoms with E-state index in [9.17, 15) is 5.11 Å². The van der Waals surface area contributed by atoms with E-state index in [0.29, 0.717) is 24.6 Å². The van der Waals surface area contributed by atoms with Gasteiger partial charge in [0.2, 0.25) is 5.88 Å². The summed E-state index contributed by atoms with van der Waals surface area (Å²) in [6, 6.07) is 17.1. The van der Waals surface area contributed by atoms with Gasteiger partial charge in [0, 0.05) is 69.2 Å². The van der Waals surface area contributed by atoms with Gasteiger partial charge in [-0.25, -0.2) is 4.98 Å². The van der Waals surface area contributed by atoms with Gasteiger partial charge in [-0.05, 0) is 67.3 Å². The minimum Gasteiger partial charge on any atom is -0.508 e. The van der Waals surface area contributed by atoms with Crippen LogP contribution in [0.2, 0.25) is 0 Å². The molecule has 2 atom stereocenters. The Morgan fingerprint density at radius 3 is 2.56 bits per heavy atom. The lowest BCUT2D eigenvalue weighted by molar-refractivity contribution is 0.0666. The van der Waals surface area contributed by atoms with Crippen LogP contribution in [-0.4, -0.2) is 95.4 Å². The van der Waals surface area contributed by atoms with Gasteiger partial charge < -0.3 is 25.0 Å². The van der Waals surface area contributed by atoms with Crippen LogP contribution in [0.25, 0.3) is 32.9 Å². The van der Waals surface area contributed by atoms with Crippen molar-refractivity contribution in [2.24, 2.45) is 0 Å². The van der Waals surface area contributed by atoms with Crippen LogP contribution < -0.4 is 15.0 Å². The van der Waals surface area contributed by atoms with E-state index < -0.39 is 0 Å². The zero-order valence-corrected chi connectivity index (χ0v) is 23.7. The molecule has 2 bridgehead atoms. The van der Waals surface area contributed by atoms with Crippen molar-refractivity contribution in [3.63, 3.8) is 0 Å². The Balaban J connectivity index is 1.17. The van der Waals surface area contributed by atoms with Crippen LogP contribution in [0.3, 0.4) is 0 Å². The molecule has 1 aliphatic carbocycles. The normalized spacial score (nSPS) is 24.3. The summed E-state index contributed by atoms with van der Waals surface area (Å²) in [5.41, 5.74) is 4.89. The first-order chi connectivity index (χ1) is 20.0. The van der Waals surface area contributed by atoms with Crippen molar-refractivity contribution < 1.29 is 9.84 Å². The summed E-state index contributed by atoms with van der Waals surface area (Å²) in [7, 11) is 2.21. The molecule has 4 aliphatic rings. The van der Waals surface area contributed by atoms with Gasteiger partial charge in [0.1, 0.15) is 17.9 Å². The molecule has 8 rings (SSSR count). The number of benzene rings is 2. The van der Waals surface area contributed by atoms with Crippen LogP contribution in [0.5, 0.6) is 11.6 Å². The minimum atomic E-state index is 0.146. The van der Waals surface area contributed by atoms with E-state index in [1.54, 1.807) is 0 Å². The van der Waals surface area contributed by atoms with Crippen LogP contribution in [0.15, 0.2) is 54.7 Å². The fourth-order valence-electron chi connectivity index (χ4n) is 7.25. The van der Waals surface area contributed by atoms with Gasteiger partial charge >= 0.3 is 0 Å². The molecule has 0 amide bonds. The molecule has 4 fully saturated rings. The third-order valence-electron chi connectivity index (χ3n) is 9.81. The maximum atomic E-state index is 10.5. The van der Waals surface area contributed by atoms with Gasteiger partial charge in [-0.2, -0.15) is 0 Å². The van der Waals surface area contributed by atoms with Crippen molar-refractivity contribution >= 4 is 27.5 Å². The molecule has 2 unspecified atom stereocenters. The van der Waals surface area contributed by atoms with Crippen molar-refractivity contribution in [1.82, 2.24) is 25.1 Å². The largest absolute Gasteiger partial charge is 0.508 e. The van der Waals surface area contributed by atoms with Crippen molar-refractivity contribution in [1.29, 1.82) is 0 Å². The second-order valence-corrected chi connectivity index (χ2v) is 12.6. The molecule has 2 N–H and O–H groups in total. The SMILES string of the molecule is CN1CCN(C2(COc3cc(N4CC5CCC(C4)N5)c4ncc(-c5cc(O)cc6ccccc56)cc4n3)CC2)CC1. The molecule has 4 aromatic rings. The van der Waals surface area contributed by atoms with Crippen molar-refractivity contribution in [2.45, 2.75) is 43.3 Å². The summed E-state index contributed by atoms with van der Waals surface area (Å²) in [5.74, 6) is 0.929. The van der Waals surface area contributed by atoms with Gasteiger partial charge in [-0.3, -0.25) is 9.88 Å². The number of fused-ring (bicyclic) bond motifs is 4. The zero-order valence-electron chi connectivity index (χ0n) is 23.7. The van der Waals surface area contributed by atoms with Crippen LogP contribution in [0, 0.1) is 0 Å². The number of phenolic OH excluding ortho intramolecular Hbond substituents is 1. The number of pyridine rings is 2. The summed E-state index contributed by atoms with van der Waals surface area (Å²) in [5, 5.41) is 16.3. The van der Waals surface area contributed by atoms with Crippen LogP contribution in [-0.2, 0) is 0 Å². The molecule has 3 aliphatic heterocycles. The average Bonchev–Trinajstić information content (AvgIpc) is 3.71. The molecule has 2 aromatic heterocycles. The second kappa shape index (κ2) is 9.82. The van der Waals surface area contributed by atoms with Crippen LogP contribution in [0.4, 0.5) is 5.69 Å². The number of anilines is 1. The Morgan fingerprint density at radius 1 is 1.00 bits per heavy atom. The molecule has 0 radical (unpaired) electrons. The first-order valence-corrected chi connectivity index (χ1v) is 15.1. The fourth-order valence-corrected chi connectivity index (χ4v) is 7.25. The average molecular weight is 551 g/mol. The number of hydrogen-bond donors (Lipinski definition) is 2. The summed E-state index contributed by atoms with van der Waals surface area (Å²) >= 11 is 0. The Kier molecular flexibility index (Phi) is 6.05. The minimum absolute atomic E-state index is 0.146. The topological polar surface area (TPSA) is 77.0 Å². The number of phenols is 1. The Bertz CT molecular complexity index is 1600. The highest BCUT2D eigenvalue weighted by molar-refractivity contribution is 6.00. The first-order valence-electron chi connectivity index (χ1n) is 15.1. The number of hydrogen-bond acceptors (Lipinski definition) is 8. The van der Waals surface area contributed by atoms with E-state index in [4.69, 9.17) is 14.7 Å². The highest BCUT2D eigenvalue weighted by Gasteiger charge is 2.49. The summed E-state index contributed by atoms with van der Waals surface area (Å²) in [4.78, 5) is 17.6. The van der Waals surface area contributed by atoms with Gasteiger partial charge in [0.15, 0.2) is 0 Å². The van der Waals surface area contributed by atoms with Crippen LogP contribution >= 0.6 is 0 Å². The maximum Gasteiger partial charge on any atom is 0.216 e. The molecule has 5 heterocycles. The number of rotatable bonds is 6. The van der Waals surface area contributed by atoms with E-state index in [0.717, 1.165) is 77.9 Å². The molecule has 1 saturated carbocycles. The standard InChI is InChI=1S/C33H38N6O2/c1-37-10-12-39(13-11-37)33(8-9-33)21-41-31-17-30(38-19-24-6-7-25(20-38)35-24)32-29(36-31)15-23(18-34-32)28-16-26(40)14-22-4-2-3-5-27(22)28/h2-5,14-18,24-25,35,40H,6-13,19-21H2,1H3. The monoisotopic (exact) mass is 550 g/mol. The molecule has 41 heavy (non-hydrogen) atoms. The summed E-state index contributed by atoms with van der Waals surface area (Å²) in [6.07, 6.45) is 6.76. The predicted octanol–water partition coefficient (Wildman–Crippen LogP) is 4.26. The second-order valence-electron chi connectivity index (χ2n) is 12.6. The molecule has 0 spiro atoms. The highest BCUT2D eigenvalue weighted by atomic mass is 16.5. The van der Waals surface area contributed by atoms with E-state index in [1.165, 1.54) is 25.7 Å². The number of nitrogens with zero attached hydrogens (tertiary/aromatic N) is 5. The van der Waals surface area contributed by atoms with E-state index >= 15 is 0 Å². The molecule has 8 nitrogen and oxygen atoms in total. The number of piperazine rings is 2. The summed E-state index contributed by atoms with van der Waals surface area (Å²) in [6.45, 7) is 7.05. The lowest BCUT2D eigenvalue weighted by Gasteiger charge is -2.38. The summed E-state index contributed by atoms with van der Waals surface area (Å²) < 4.78 is 6.58. The predicted molar refractivity (Wildman–Crippen MR) is 163 cm³/mol. The quantitative estimate of drug-likeness (QED) is 0.369. The van der Waals surface area contributed by atoms with Gasteiger partial charge in [-0.15, -0.1) is 0 Å². The Morgan fingerprint density at radius 2 is 1.78 bits per heavy atom. The fraction of sp³-hybridized carbons (Fsp3) is 0.455. The van der Waals surface area contributed by atoms with E-state index in [-0.39, 0.29) is 11.3 Å². The number of aromatic hydroxyl groups is 1. The molecule has 212 valence electrons. The first kappa shape index (κ1) is 25.3. The van der Waals surface area contributed by atoms with E-state index in [2.05, 4.69) is 45.3 Å². The van der Waals surface area contributed by atoms with Crippen molar-refractivity contribution in [3.8, 4) is 22.8 Å². The van der Waals surface area contributed by atoms with Gasteiger partial charge in [0.05, 0.1) is 16.7 Å². The Hall–Kier alpha value is -3.46. The van der Waals surface area contributed by atoms with Crippen LogP contribution in [0.1, 0.15) is 25.7 Å². The molecule has 3 saturated heterocycles. The van der Waals surface area contributed by atoms with E-state index in [1.807, 2.05) is 36.5 Å². The lowest BCUT2D eigenvalue weighted by atomic mass is 9.98. The van der Waals surface area contributed by atoms with Gasteiger partial charge in [-0.1, -0.05) is 24.3 Å². The molecular weight excluding hydrogens is 512 g/mol. The maximum absolute atomic E-state index is 10.5.